The Morgan fingerprint density at radius 3 is 2.72 bits per heavy atom. The summed E-state index contributed by atoms with van der Waals surface area (Å²) in [5.41, 5.74) is 2.01. The molecule has 9 nitrogen and oxygen atoms in total. The largest absolute Gasteiger partial charge is 0.467 e. The molecule has 32 heavy (non-hydrogen) atoms. The van der Waals surface area contributed by atoms with E-state index in [9.17, 15) is 18.0 Å². The van der Waals surface area contributed by atoms with Gasteiger partial charge in [-0.2, -0.15) is 0 Å². The molecule has 3 heterocycles. The third-order valence-electron chi connectivity index (χ3n) is 5.27. The van der Waals surface area contributed by atoms with Gasteiger partial charge in [0.1, 0.15) is 5.76 Å². The monoisotopic (exact) mass is 474 g/mol. The van der Waals surface area contributed by atoms with E-state index in [1.54, 1.807) is 47.6 Å². The van der Waals surface area contributed by atoms with Crippen molar-refractivity contribution in [2.45, 2.75) is 13.0 Å². The van der Waals surface area contributed by atoms with Crippen LogP contribution in [0.15, 0.2) is 52.5 Å². The van der Waals surface area contributed by atoms with E-state index >= 15 is 0 Å². The normalized spacial score (nSPS) is 16.4. The van der Waals surface area contributed by atoms with Gasteiger partial charge in [-0.1, -0.05) is 12.1 Å². The number of hydrogen-bond donors (Lipinski definition) is 1. The van der Waals surface area contributed by atoms with Crippen molar-refractivity contribution < 1.29 is 22.4 Å². The van der Waals surface area contributed by atoms with Crippen LogP contribution in [0.5, 0.6) is 0 Å². The van der Waals surface area contributed by atoms with Crippen molar-refractivity contribution in [2.75, 3.05) is 29.5 Å². The first-order valence-corrected chi connectivity index (χ1v) is 12.5. The van der Waals surface area contributed by atoms with Gasteiger partial charge in [-0.3, -0.25) is 13.9 Å². The van der Waals surface area contributed by atoms with E-state index in [4.69, 9.17) is 4.42 Å². The van der Waals surface area contributed by atoms with Crippen LogP contribution in [0.2, 0.25) is 0 Å². The van der Waals surface area contributed by atoms with Crippen LogP contribution in [-0.2, 0) is 26.2 Å². The maximum atomic E-state index is 12.7. The molecule has 1 aromatic carbocycles. The maximum Gasteiger partial charge on any atom is 0.231 e. The second-order valence-electron chi connectivity index (χ2n) is 7.56. The highest BCUT2D eigenvalue weighted by molar-refractivity contribution is 7.92. The third-order valence-corrected chi connectivity index (χ3v) is 7.23. The molecule has 0 aliphatic carbocycles. The van der Waals surface area contributed by atoms with Crippen LogP contribution in [0, 0.1) is 5.92 Å². The van der Waals surface area contributed by atoms with Crippen molar-refractivity contribution in [3.8, 4) is 11.3 Å². The summed E-state index contributed by atoms with van der Waals surface area (Å²) in [7, 11) is -1.84. The molecule has 1 fully saturated rings. The fourth-order valence-electron chi connectivity index (χ4n) is 3.40. The number of furan rings is 1. The number of hydrogen-bond acceptors (Lipinski definition) is 7. The van der Waals surface area contributed by atoms with Crippen molar-refractivity contribution in [1.82, 2.24) is 9.88 Å². The smallest absolute Gasteiger partial charge is 0.231 e. The lowest BCUT2D eigenvalue weighted by Gasteiger charge is -2.16. The predicted molar refractivity (Wildman–Crippen MR) is 122 cm³/mol. The van der Waals surface area contributed by atoms with Crippen molar-refractivity contribution >= 4 is 44.0 Å². The van der Waals surface area contributed by atoms with Gasteiger partial charge in [-0.15, -0.1) is 11.3 Å². The molecule has 1 atom stereocenters. The van der Waals surface area contributed by atoms with Gasteiger partial charge >= 0.3 is 0 Å². The van der Waals surface area contributed by atoms with Crippen LogP contribution in [0.1, 0.15) is 12.2 Å². The summed E-state index contributed by atoms with van der Waals surface area (Å²) in [6.07, 6.45) is 2.85. The second-order valence-corrected chi connectivity index (χ2v) is 10.4. The summed E-state index contributed by atoms with van der Waals surface area (Å²) in [4.78, 5) is 31.0. The number of carbonyl (C=O) groups is 2. The molecule has 1 aliphatic heterocycles. The number of thiazole rings is 1. The number of likely N-dealkylation sites (tertiary alicyclic amines) is 1. The summed E-state index contributed by atoms with van der Waals surface area (Å²) in [5, 5.41) is 5.06. The molecule has 0 unspecified atom stereocenters. The number of anilines is 2. The Morgan fingerprint density at radius 1 is 1.31 bits per heavy atom. The van der Waals surface area contributed by atoms with Crippen LogP contribution < -0.4 is 9.62 Å². The predicted octanol–water partition coefficient (Wildman–Crippen LogP) is 2.79. The fourth-order valence-corrected chi connectivity index (χ4v) is 4.62. The first-order chi connectivity index (χ1) is 15.2. The van der Waals surface area contributed by atoms with E-state index < -0.39 is 15.9 Å². The Labute approximate surface area is 189 Å². The van der Waals surface area contributed by atoms with E-state index in [2.05, 4.69) is 10.3 Å². The molecule has 0 radical (unpaired) electrons. The highest BCUT2D eigenvalue weighted by Crippen LogP contribution is 2.28. The molecular weight excluding hydrogens is 452 g/mol. The average molecular weight is 475 g/mol. The average Bonchev–Trinajstić information content (AvgIpc) is 3.50. The molecule has 1 saturated heterocycles. The molecule has 168 valence electrons. The first kappa shape index (κ1) is 22.0. The Kier molecular flexibility index (Phi) is 6.02. The molecule has 0 saturated carbocycles. The highest BCUT2D eigenvalue weighted by Gasteiger charge is 2.35. The van der Waals surface area contributed by atoms with E-state index in [-0.39, 0.29) is 18.2 Å². The number of nitrogens with one attached hydrogen (secondary N) is 1. The van der Waals surface area contributed by atoms with Crippen LogP contribution in [0.3, 0.4) is 0 Å². The van der Waals surface area contributed by atoms with Crippen molar-refractivity contribution in [1.29, 1.82) is 0 Å². The molecule has 0 spiro atoms. The number of sulfonamides is 1. The molecule has 1 aliphatic rings. The number of benzene rings is 1. The summed E-state index contributed by atoms with van der Waals surface area (Å²) >= 11 is 1.29. The standard InChI is InChI=1S/C21H22N4O5S2/c1-24(32(2,28)29)16-7-5-14(6-8-16)18-13-31-21(22-18)23-20(27)15-10-19(26)25(11-15)12-17-4-3-9-30-17/h3-9,13,15H,10-12H2,1-2H3,(H,22,23,27)/t15-/m1/s1. The Hall–Kier alpha value is -3.18. The van der Waals surface area contributed by atoms with Crippen molar-refractivity contribution in [3.63, 3.8) is 0 Å². The molecule has 0 bridgehead atoms. The molecule has 2 amide bonds. The highest BCUT2D eigenvalue weighted by atomic mass is 32.2. The minimum Gasteiger partial charge on any atom is -0.467 e. The summed E-state index contributed by atoms with van der Waals surface area (Å²) < 4.78 is 29.8. The third kappa shape index (κ3) is 4.83. The zero-order chi connectivity index (χ0) is 22.9. The number of aromatic nitrogens is 1. The number of amides is 2. The summed E-state index contributed by atoms with van der Waals surface area (Å²) in [6.45, 7) is 0.681. The summed E-state index contributed by atoms with van der Waals surface area (Å²) in [5.74, 6) is -0.0970. The maximum absolute atomic E-state index is 12.7. The Balaban J connectivity index is 1.38. The minimum absolute atomic E-state index is 0.0828. The van der Waals surface area contributed by atoms with Gasteiger partial charge in [-0.05, 0) is 24.3 Å². The zero-order valence-electron chi connectivity index (χ0n) is 17.5. The lowest BCUT2D eigenvalue weighted by molar-refractivity contribution is -0.128. The van der Waals surface area contributed by atoms with Crippen LogP contribution >= 0.6 is 11.3 Å². The SMILES string of the molecule is CN(c1ccc(-c2csc(NC(=O)[C@@H]3CC(=O)N(Cc4ccco4)C3)n2)cc1)S(C)(=O)=O. The van der Waals surface area contributed by atoms with Gasteiger partial charge in [0.05, 0.1) is 36.4 Å². The topological polar surface area (TPSA) is 113 Å². The van der Waals surface area contributed by atoms with Gasteiger partial charge in [-0.25, -0.2) is 13.4 Å². The van der Waals surface area contributed by atoms with Gasteiger partial charge < -0.3 is 14.6 Å². The molecule has 1 N–H and O–H groups in total. The first-order valence-electron chi connectivity index (χ1n) is 9.81. The van der Waals surface area contributed by atoms with Crippen molar-refractivity contribution in [3.05, 3.63) is 53.8 Å². The number of rotatable bonds is 7. The Morgan fingerprint density at radius 2 is 2.06 bits per heavy atom. The minimum atomic E-state index is -3.33. The van der Waals surface area contributed by atoms with Crippen LogP contribution in [-0.4, -0.2) is 50.0 Å². The van der Waals surface area contributed by atoms with Gasteiger partial charge in [0.2, 0.25) is 21.8 Å². The molecular formula is C21H22N4O5S2. The quantitative estimate of drug-likeness (QED) is 0.563. The molecule has 2 aromatic heterocycles. The van der Waals surface area contributed by atoms with Crippen LogP contribution in [0.25, 0.3) is 11.3 Å². The van der Waals surface area contributed by atoms with Crippen molar-refractivity contribution in [2.24, 2.45) is 5.92 Å². The summed E-state index contributed by atoms with van der Waals surface area (Å²) in [6, 6.07) is 10.5. The Bertz CT molecular complexity index is 1220. The lowest BCUT2D eigenvalue weighted by Crippen LogP contribution is -2.27. The molecule has 4 rings (SSSR count). The van der Waals surface area contributed by atoms with E-state index in [1.807, 2.05) is 5.38 Å². The molecule has 3 aromatic rings. The van der Waals surface area contributed by atoms with E-state index in [1.165, 1.54) is 22.7 Å². The number of nitrogens with zero attached hydrogens (tertiary/aromatic N) is 3. The van der Waals surface area contributed by atoms with Gasteiger partial charge in [0.15, 0.2) is 5.13 Å². The fraction of sp³-hybridized carbons (Fsp3) is 0.286. The van der Waals surface area contributed by atoms with Crippen LogP contribution in [0.4, 0.5) is 10.8 Å². The second kappa shape index (κ2) is 8.75. The number of carbonyl (C=O) groups excluding carboxylic acids is 2. The van der Waals surface area contributed by atoms with E-state index in [0.717, 1.165) is 11.8 Å². The molecule has 11 heteroatoms. The van der Waals surface area contributed by atoms with Gasteiger partial charge in [0, 0.05) is 31.0 Å². The van der Waals surface area contributed by atoms with Gasteiger partial charge in [0.25, 0.3) is 0 Å². The zero-order valence-corrected chi connectivity index (χ0v) is 19.1. The van der Waals surface area contributed by atoms with E-state index in [0.29, 0.717) is 35.4 Å². The lowest BCUT2D eigenvalue weighted by atomic mass is 10.1.